The molecule has 7 heteroatoms. The summed E-state index contributed by atoms with van der Waals surface area (Å²) in [7, 11) is 0. The Labute approximate surface area is 157 Å². The van der Waals surface area contributed by atoms with E-state index in [1.165, 1.54) is 0 Å². The normalized spacial score (nSPS) is 21.5. The number of nitrogens with zero attached hydrogens (tertiary/aromatic N) is 1. The molecule has 1 aliphatic rings. The molecule has 0 bridgehead atoms. The highest BCUT2D eigenvalue weighted by Crippen LogP contribution is 2.24. The van der Waals surface area contributed by atoms with Gasteiger partial charge in [0.25, 0.3) is 0 Å². The maximum Gasteiger partial charge on any atom is 0.191 e. The van der Waals surface area contributed by atoms with Crippen molar-refractivity contribution >= 4 is 45.9 Å². The van der Waals surface area contributed by atoms with Gasteiger partial charge in [-0.1, -0.05) is 0 Å². The highest BCUT2D eigenvalue weighted by atomic mass is 127. The smallest absolute Gasteiger partial charge is 0.191 e. The van der Waals surface area contributed by atoms with Gasteiger partial charge in [0.1, 0.15) is 5.76 Å². The third-order valence-electron chi connectivity index (χ3n) is 3.51. The SMILES string of the molecule is CCNC(=NCC1(C)CCCO1)NCCc1ccc(Br)o1.I. The van der Waals surface area contributed by atoms with Crippen molar-refractivity contribution < 1.29 is 9.15 Å². The third kappa shape index (κ3) is 6.45. The highest BCUT2D eigenvalue weighted by Gasteiger charge is 2.29. The lowest BCUT2D eigenvalue weighted by molar-refractivity contribution is 0.0283. The van der Waals surface area contributed by atoms with Crippen molar-refractivity contribution in [1.29, 1.82) is 0 Å². The van der Waals surface area contributed by atoms with Crippen molar-refractivity contribution in [2.75, 3.05) is 26.2 Å². The van der Waals surface area contributed by atoms with Crippen LogP contribution in [0.2, 0.25) is 0 Å². The minimum atomic E-state index is -0.103. The van der Waals surface area contributed by atoms with Crippen LogP contribution < -0.4 is 10.6 Å². The molecule has 0 amide bonds. The molecule has 1 saturated heterocycles. The summed E-state index contributed by atoms with van der Waals surface area (Å²) in [5.41, 5.74) is -0.103. The predicted molar refractivity (Wildman–Crippen MR) is 103 cm³/mol. The monoisotopic (exact) mass is 485 g/mol. The van der Waals surface area contributed by atoms with E-state index in [1.54, 1.807) is 0 Å². The highest BCUT2D eigenvalue weighted by molar-refractivity contribution is 14.0. The number of ether oxygens (including phenoxy) is 1. The number of hydrogen-bond donors (Lipinski definition) is 2. The first-order valence-electron chi connectivity index (χ1n) is 7.52. The summed E-state index contributed by atoms with van der Waals surface area (Å²) in [5.74, 6) is 1.79. The maximum absolute atomic E-state index is 5.76. The predicted octanol–water partition coefficient (Wildman–Crippen LogP) is 3.33. The third-order valence-corrected chi connectivity index (χ3v) is 3.94. The fraction of sp³-hybridized carbons (Fsp3) is 0.667. The van der Waals surface area contributed by atoms with Crippen molar-refractivity contribution in [2.24, 2.45) is 4.99 Å². The lowest BCUT2D eigenvalue weighted by atomic mass is 10.0. The van der Waals surface area contributed by atoms with Crippen LogP contribution in [-0.4, -0.2) is 37.8 Å². The Bertz CT molecular complexity index is 473. The molecule has 0 spiro atoms. The second-order valence-corrected chi connectivity index (χ2v) is 6.26. The van der Waals surface area contributed by atoms with E-state index in [0.29, 0.717) is 6.54 Å². The van der Waals surface area contributed by atoms with Gasteiger partial charge < -0.3 is 19.8 Å². The summed E-state index contributed by atoms with van der Waals surface area (Å²) in [6.07, 6.45) is 3.03. The van der Waals surface area contributed by atoms with Gasteiger partial charge in [0.15, 0.2) is 10.6 Å². The molecule has 1 fully saturated rings. The largest absolute Gasteiger partial charge is 0.454 e. The standard InChI is InChI=1S/C15H24BrN3O2.HI/c1-3-17-14(19-11-15(2)8-4-10-20-15)18-9-7-12-5-6-13(16)21-12;/h5-6H,3-4,7-11H2,1-2H3,(H2,17,18,19);1H. The molecular formula is C15H25BrIN3O2. The summed E-state index contributed by atoms with van der Waals surface area (Å²) >= 11 is 3.31. The second kappa shape index (κ2) is 9.77. The van der Waals surface area contributed by atoms with Gasteiger partial charge in [0.2, 0.25) is 0 Å². The molecule has 1 unspecified atom stereocenters. The number of rotatable bonds is 6. The van der Waals surface area contributed by atoms with E-state index in [2.05, 4.69) is 45.4 Å². The lowest BCUT2D eigenvalue weighted by Gasteiger charge is -2.21. The van der Waals surface area contributed by atoms with Gasteiger partial charge in [0, 0.05) is 26.1 Å². The summed E-state index contributed by atoms with van der Waals surface area (Å²) in [5, 5.41) is 6.59. The average molecular weight is 486 g/mol. The lowest BCUT2D eigenvalue weighted by Crippen LogP contribution is -2.40. The van der Waals surface area contributed by atoms with E-state index in [9.17, 15) is 0 Å². The van der Waals surface area contributed by atoms with Crippen LogP contribution in [0.25, 0.3) is 0 Å². The van der Waals surface area contributed by atoms with Crippen molar-refractivity contribution in [3.05, 3.63) is 22.6 Å². The maximum atomic E-state index is 5.76. The van der Waals surface area contributed by atoms with Crippen molar-refractivity contribution in [3.63, 3.8) is 0 Å². The zero-order valence-corrected chi connectivity index (χ0v) is 17.1. The first-order chi connectivity index (χ1) is 10.1. The summed E-state index contributed by atoms with van der Waals surface area (Å²) in [6, 6.07) is 3.89. The Kier molecular flexibility index (Phi) is 8.78. The number of nitrogens with one attached hydrogen (secondary N) is 2. The average Bonchev–Trinajstić information content (AvgIpc) is 3.06. The summed E-state index contributed by atoms with van der Waals surface area (Å²) < 4.78 is 12.0. The van der Waals surface area contributed by atoms with Crippen molar-refractivity contribution in [2.45, 2.75) is 38.7 Å². The van der Waals surface area contributed by atoms with E-state index in [4.69, 9.17) is 9.15 Å². The van der Waals surface area contributed by atoms with E-state index in [0.717, 1.165) is 55.3 Å². The molecule has 1 atom stereocenters. The molecule has 0 radical (unpaired) electrons. The zero-order chi connectivity index (χ0) is 15.1. The number of furan rings is 1. The number of hydrogen-bond acceptors (Lipinski definition) is 3. The Balaban J connectivity index is 0.00000242. The Morgan fingerprint density at radius 1 is 1.41 bits per heavy atom. The molecule has 0 saturated carbocycles. The van der Waals surface area contributed by atoms with E-state index < -0.39 is 0 Å². The van der Waals surface area contributed by atoms with Gasteiger partial charge in [-0.15, -0.1) is 24.0 Å². The van der Waals surface area contributed by atoms with Gasteiger partial charge in [-0.2, -0.15) is 0 Å². The molecule has 2 N–H and O–H groups in total. The molecule has 2 heterocycles. The van der Waals surface area contributed by atoms with E-state index in [-0.39, 0.29) is 29.6 Å². The minimum Gasteiger partial charge on any atom is -0.454 e. The Hall–Kier alpha value is -0.280. The number of guanidine groups is 1. The molecular weight excluding hydrogens is 461 g/mol. The first-order valence-corrected chi connectivity index (χ1v) is 8.31. The molecule has 22 heavy (non-hydrogen) atoms. The first kappa shape index (κ1) is 19.8. The molecule has 1 aromatic rings. The van der Waals surface area contributed by atoms with Gasteiger partial charge in [-0.05, 0) is 54.8 Å². The number of aliphatic imine (C=N–C) groups is 1. The van der Waals surface area contributed by atoms with Gasteiger partial charge in [-0.25, -0.2) is 0 Å². The number of halogens is 2. The Morgan fingerprint density at radius 3 is 2.82 bits per heavy atom. The topological polar surface area (TPSA) is 58.8 Å². The van der Waals surface area contributed by atoms with Crippen LogP contribution in [0, 0.1) is 0 Å². The van der Waals surface area contributed by atoms with Crippen LogP contribution in [0.15, 0.2) is 26.2 Å². The van der Waals surface area contributed by atoms with E-state index in [1.807, 2.05) is 12.1 Å². The molecule has 1 aromatic heterocycles. The fourth-order valence-electron chi connectivity index (χ4n) is 2.34. The molecule has 5 nitrogen and oxygen atoms in total. The summed E-state index contributed by atoms with van der Waals surface area (Å²) in [6.45, 7) is 7.36. The van der Waals surface area contributed by atoms with Gasteiger partial charge in [0.05, 0.1) is 12.1 Å². The van der Waals surface area contributed by atoms with Crippen LogP contribution in [-0.2, 0) is 11.2 Å². The van der Waals surface area contributed by atoms with Crippen LogP contribution in [0.5, 0.6) is 0 Å². The van der Waals surface area contributed by atoms with Gasteiger partial charge in [-0.3, -0.25) is 4.99 Å². The zero-order valence-electron chi connectivity index (χ0n) is 13.2. The summed E-state index contributed by atoms with van der Waals surface area (Å²) in [4.78, 5) is 4.63. The van der Waals surface area contributed by atoms with Crippen LogP contribution >= 0.6 is 39.9 Å². The molecule has 0 aromatic carbocycles. The second-order valence-electron chi connectivity index (χ2n) is 5.48. The molecule has 126 valence electrons. The minimum absolute atomic E-state index is 0. The van der Waals surface area contributed by atoms with E-state index >= 15 is 0 Å². The van der Waals surface area contributed by atoms with Crippen LogP contribution in [0.1, 0.15) is 32.4 Å². The van der Waals surface area contributed by atoms with Crippen LogP contribution in [0.3, 0.4) is 0 Å². The fourth-order valence-corrected chi connectivity index (χ4v) is 2.68. The Morgan fingerprint density at radius 2 is 2.23 bits per heavy atom. The van der Waals surface area contributed by atoms with Crippen molar-refractivity contribution in [1.82, 2.24) is 10.6 Å². The molecule has 1 aliphatic heterocycles. The van der Waals surface area contributed by atoms with Crippen LogP contribution in [0.4, 0.5) is 0 Å². The molecule has 0 aliphatic carbocycles. The van der Waals surface area contributed by atoms with Crippen molar-refractivity contribution in [3.8, 4) is 0 Å². The van der Waals surface area contributed by atoms with Gasteiger partial charge >= 0.3 is 0 Å². The quantitative estimate of drug-likeness (QED) is 0.368. The molecule has 2 rings (SSSR count).